The molecule has 1 aromatic heterocycles. The standard InChI is InChI=1S/C24H21N3O/c25-16-23(19-10-13-26-14-11-19)24-22-9-8-21(15-20(22)7-4-12-27-24)28-17-18-5-2-1-3-6-18/h1-11,13-16,25,27H,12,17H2/b24-23+,25-16?. The van der Waals surface area contributed by atoms with Gasteiger partial charge in [-0.25, -0.2) is 0 Å². The van der Waals surface area contributed by atoms with Gasteiger partial charge in [-0.1, -0.05) is 42.5 Å². The molecule has 1 aliphatic rings. The van der Waals surface area contributed by atoms with Crippen LogP contribution in [0.15, 0.2) is 79.1 Å². The first-order valence-corrected chi connectivity index (χ1v) is 9.22. The normalized spacial score (nSPS) is 14.4. The van der Waals surface area contributed by atoms with Crippen molar-refractivity contribution in [2.45, 2.75) is 6.61 Å². The Hall–Kier alpha value is -3.66. The Morgan fingerprint density at radius 1 is 1.07 bits per heavy atom. The minimum absolute atomic E-state index is 0.535. The lowest BCUT2D eigenvalue weighted by molar-refractivity contribution is 0.306. The Kier molecular flexibility index (Phi) is 5.29. The summed E-state index contributed by atoms with van der Waals surface area (Å²) in [6, 6.07) is 20.1. The zero-order chi connectivity index (χ0) is 19.2. The van der Waals surface area contributed by atoms with E-state index in [-0.39, 0.29) is 0 Å². The second kappa shape index (κ2) is 8.35. The van der Waals surface area contributed by atoms with E-state index in [0.29, 0.717) is 13.2 Å². The molecule has 0 unspecified atom stereocenters. The average Bonchev–Trinajstić information content (AvgIpc) is 2.97. The number of rotatable bonds is 5. The Bertz CT molecular complexity index is 1020. The number of fused-ring (bicyclic) bond motifs is 1. The van der Waals surface area contributed by atoms with Gasteiger partial charge in [-0.3, -0.25) is 4.98 Å². The number of aromatic nitrogens is 1. The van der Waals surface area contributed by atoms with Gasteiger partial charge in [0.25, 0.3) is 0 Å². The van der Waals surface area contributed by atoms with Crippen LogP contribution in [0, 0.1) is 5.41 Å². The summed E-state index contributed by atoms with van der Waals surface area (Å²) in [5.74, 6) is 0.828. The largest absolute Gasteiger partial charge is 0.489 e. The van der Waals surface area contributed by atoms with E-state index >= 15 is 0 Å². The molecule has 0 radical (unpaired) electrons. The van der Waals surface area contributed by atoms with Crippen LogP contribution in [-0.4, -0.2) is 17.7 Å². The van der Waals surface area contributed by atoms with Crippen LogP contribution in [0.3, 0.4) is 0 Å². The van der Waals surface area contributed by atoms with Gasteiger partial charge in [0.05, 0.1) is 5.70 Å². The van der Waals surface area contributed by atoms with E-state index in [4.69, 9.17) is 10.1 Å². The molecule has 0 atom stereocenters. The maximum absolute atomic E-state index is 7.96. The van der Waals surface area contributed by atoms with Crippen LogP contribution < -0.4 is 10.1 Å². The molecule has 0 fully saturated rings. The van der Waals surface area contributed by atoms with Crippen molar-refractivity contribution in [3.63, 3.8) is 0 Å². The first kappa shape index (κ1) is 17.7. The molecule has 4 heteroatoms. The zero-order valence-corrected chi connectivity index (χ0v) is 15.4. The molecule has 1 aliphatic heterocycles. The fraction of sp³-hybridized carbons (Fsp3) is 0.0833. The molecule has 138 valence electrons. The lowest BCUT2D eigenvalue weighted by Crippen LogP contribution is -2.14. The molecule has 0 spiro atoms. The molecule has 0 saturated carbocycles. The SMILES string of the molecule is N=C/C(=C1\NCC=Cc2cc(OCc3ccccc3)ccc21)c1ccncc1. The van der Waals surface area contributed by atoms with E-state index in [2.05, 4.69) is 46.7 Å². The van der Waals surface area contributed by atoms with Crippen molar-refractivity contribution in [3.8, 4) is 5.75 Å². The predicted octanol–water partition coefficient (Wildman–Crippen LogP) is 4.79. The summed E-state index contributed by atoms with van der Waals surface area (Å²) in [7, 11) is 0. The monoisotopic (exact) mass is 367 g/mol. The Morgan fingerprint density at radius 2 is 1.89 bits per heavy atom. The fourth-order valence-corrected chi connectivity index (χ4v) is 3.25. The number of allylic oxidation sites excluding steroid dienone is 1. The highest BCUT2D eigenvalue weighted by atomic mass is 16.5. The Morgan fingerprint density at radius 3 is 2.68 bits per heavy atom. The van der Waals surface area contributed by atoms with Crippen LogP contribution in [0.2, 0.25) is 0 Å². The summed E-state index contributed by atoms with van der Waals surface area (Å²) in [5.41, 5.74) is 6.00. The summed E-state index contributed by atoms with van der Waals surface area (Å²) in [6.45, 7) is 1.24. The van der Waals surface area contributed by atoms with Crippen molar-refractivity contribution in [1.82, 2.24) is 10.3 Å². The van der Waals surface area contributed by atoms with Crippen molar-refractivity contribution in [2.75, 3.05) is 6.54 Å². The van der Waals surface area contributed by atoms with E-state index in [9.17, 15) is 0 Å². The first-order chi connectivity index (χ1) is 13.8. The topological polar surface area (TPSA) is 58.0 Å². The number of ether oxygens (including phenoxy) is 1. The van der Waals surface area contributed by atoms with Crippen LogP contribution in [-0.2, 0) is 6.61 Å². The molecule has 3 aromatic rings. The molecule has 0 aliphatic carbocycles. The van der Waals surface area contributed by atoms with Crippen LogP contribution >= 0.6 is 0 Å². The smallest absolute Gasteiger partial charge is 0.120 e. The van der Waals surface area contributed by atoms with Crippen LogP contribution in [0.1, 0.15) is 22.3 Å². The Balaban J connectivity index is 1.68. The molecule has 4 rings (SSSR count). The van der Waals surface area contributed by atoms with Crippen molar-refractivity contribution < 1.29 is 4.74 Å². The molecule has 2 heterocycles. The number of pyridine rings is 1. The van der Waals surface area contributed by atoms with Crippen molar-refractivity contribution in [1.29, 1.82) is 5.41 Å². The van der Waals surface area contributed by atoms with Gasteiger partial charge in [0.15, 0.2) is 0 Å². The number of hydrogen-bond acceptors (Lipinski definition) is 4. The van der Waals surface area contributed by atoms with Crippen molar-refractivity contribution >= 4 is 23.6 Å². The average molecular weight is 367 g/mol. The van der Waals surface area contributed by atoms with Gasteiger partial charge in [0, 0.05) is 36.3 Å². The lowest BCUT2D eigenvalue weighted by atomic mass is 9.97. The highest BCUT2D eigenvalue weighted by molar-refractivity contribution is 6.18. The molecule has 2 aromatic carbocycles. The summed E-state index contributed by atoms with van der Waals surface area (Å²) >= 11 is 0. The molecule has 0 saturated heterocycles. The van der Waals surface area contributed by atoms with Gasteiger partial charge in [-0.2, -0.15) is 0 Å². The van der Waals surface area contributed by atoms with Crippen molar-refractivity contribution in [2.24, 2.45) is 0 Å². The van der Waals surface area contributed by atoms with Crippen LogP contribution in [0.25, 0.3) is 17.3 Å². The third kappa shape index (κ3) is 3.86. The Labute approximate surface area is 164 Å². The molecule has 28 heavy (non-hydrogen) atoms. The fourth-order valence-electron chi connectivity index (χ4n) is 3.25. The number of benzene rings is 2. The molecule has 0 bridgehead atoms. The maximum atomic E-state index is 7.96. The molecule has 4 nitrogen and oxygen atoms in total. The highest BCUT2D eigenvalue weighted by Gasteiger charge is 2.15. The number of nitrogens with zero attached hydrogens (tertiary/aromatic N) is 1. The van der Waals surface area contributed by atoms with E-state index in [1.54, 1.807) is 12.4 Å². The minimum atomic E-state index is 0.535. The van der Waals surface area contributed by atoms with Gasteiger partial charge < -0.3 is 15.5 Å². The molecular formula is C24H21N3O. The molecular weight excluding hydrogens is 346 g/mol. The number of nitrogens with one attached hydrogen (secondary N) is 2. The van der Waals surface area contributed by atoms with E-state index in [0.717, 1.165) is 39.3 Å². The third-order valence-electron chi connectivity index (χ3n) is 4.64. The van der Waals surface area contributed by atoms with Gasteiger partial charge in [0.1, 0.15) is 12.4 Å². The predicted molar refractivity (Wildman–Crippen MR) is 114 cm³/mol. The van der Waals surface area contributed by atoms with E-state index in [1.165, 1.54) is 6.21 Å². The summed E-state index contributed by atoms with van der Waals surface area (Å²) in [6.07, 6.45) is 9.07. The number of hydrogen-bond donors (Lipinski definition) is 2. The second-order valence-corrected chi connectivity index (χ2v) is 6.48. The van der Waals surface area contributed by atoms with Gasteiger partial charge in [-0.05, 0) is 47.0 Å². The molecule has 0 amide bonds. The first-order valence-electron chi connectivity index (χ1n) is 9.22. The van der Waals surface area contributed by atoms with E-state index in [1.807, 2.05) is 36.4 Å². The minimum Gasteiger partial charge on any atom is -0.489 e. The van der Waals surface area contributed by atoms with Crippen LogP contribution in [0.4, 0.5) is 0 Å². The third-order valence-corrected chi connectivity index (χ3v) is 4.64. The zero-order valence-electron chi connectivity index (χ0n) is 15.4. The van der Waals surface area contributed by atoms with Crippen molar-refractivity contribution in [3.05, 3.63) is 101 Å². The maximum Gasteiger partial charge on any atom is 0.120 e. The van der Waals surface area contributed by atoms with Gasteiger partial charge in [0.2, 0.25) is 0 Å². The summed E-state index contributed by atoms with van der Waals surface area (Å²) in [5, 5.41) is 11.4. The quantitative estimate of drug-likeness (QED) is 0.637. The summed E-state index contributed by atoms with van der Waals surface area (Å²) < 4.78 is 5.98. The summed E-state index contributed by atoms with van der Waals surface area (Å²) in [4.78, 5) is 4.08. The highest BCUT2D eigenvalue weighted by Crippen LogP contribution is 2.30. The molecule has 2 N–H and O–H groups in total. The van der Waals surface area contributed by atoms with Crippen LogP contribution in [0.5, 0.6) is 5.75 Å². The van der Waals surface area contributed by atoms with Gasteiger partial charge >= 0.3 is 0 Å². The second-order valence-electron chi connectivity index (χ2n) is 6.48. The van der Waals surface area contributed by atoms with Gasteiger partial charge in [-0.15, -0.1) is 0 Å². The van der Waals surface area contributed by atoms with E-state index < -0.39 is 0 Å². The lowest BCUT2D eigenvalue weighted by Gasteiger charge is -2.16.